The van der Waals surface area contributed by atoms with Crippen molar-refractivity contribution in [3.8, 4) is 0 Å². The Morgan fingerprint density at radius 3 is 2.69 bits per heavy atom. The van der Waals surface area contributed by atoms with Crippen LogP contribution in [0.2, 0.25) is 5.02 Å². The van der Waals surface area contributed by atoms with E-state index in [2.05, 4.69) is 24.2 Å². The van der Waals surface area contributed by atoms with E-state index in [1.54, 1.807) is 23.1 Å². The fourth-order valence-corrected chi connectivity index (χ4v) is 3.92. The summed E-state index contributed by atoms with van der Waals surface area (Å²) in [5, 5.41) is 3.61. The predicted molar refractivity (Wildman–Crippen MR) is 110 cm³/mol. The first-order chi connectivity index (χ1) is 12.6. The molecular weight excluding hydrogens is 370 g/mol. The van der Waals surface area contributed by atoms with Crippen LogP contribution in [0, 0.1) is 0 Å². The highest BCUT2D eigenvalue weighted by molar-refractivity contribution is 8.15. The number of rotatable bonds is 9. The lowest BCUT2D eigenvalue weighted by molar-refractivity contribution is -0.128. The van der Waals surface area contributed by atoms with Gasteiger partial charge in [-0.1, -0.05) is 62.2 Å². The van der Waals surface area contributed by atoms with Gasteiger partial charge in [0, 0.05) is 19.5 Å². The van der Waals surface area contributed by atoms with Crippen molar-refractivity contribution in [2.24, 2.45) is 4.99 Å². The summed E-state index contributed by atoms with van der Waals surface area (Å²) in [6.45, 7) is 5.59. The molecule has 142 valence electrons. The van der Waals surface area contributed by atoms with Crippen LogP contribution < -0.4 is 5.32 Å². The Balaban J connectivity index is 2.01. The lowest BCUT2D eigenvalue weighted by Crippen LogP contribution is -2.34. The van der Waals surface area contributed by atoms with E-state index in [1.165, 1.54) is 11.8 Å². The first kappa shape index (κ1) is 20.8. The van der Waals surface area contributed by atoms with Crippen LogP contribution in [0.5, 0.6) is 0 Å². The summed E-state index contributed by atoms with van der Waals surface area (Å²) >= 11 is 7.48. The SMILES string of the molecule is CCCCN=C1SC(CC(=O)Nc2ccccc2Cl)C(=O)N1CCCC. The fourth-order valence-electron chi connectivity index (χ4n) is 2.55. The van der Waals surface area contributed by atoms with Crippen LogP contribution in [0.4, 0.5) is 5.69 Å². The molecule has 0 aromatic heterocycles. The minimum atomic E-state index is -0.422. The molecule has 1 aliphatic rings. The zero-order valence-electron chi connectivity index (χ0n) is 15.3. The van der Waals surface area contributed by atoms with Crippen LogP contribution in [0.25, 0.3) is 0 Å². The fraction of sp³-hybridized carbons (Fsp3) is 0.526. The molecule has 26 heavy (non-hydrogen) atoms. The van der Waals surface area contributed by atoms with Gasteiger partial charge in [0.15, 0.2) is 5.17 Å². The van der Waals surface area contributed by atoms with Gasteiger partial charge < -0.3 is 5.32 Å². The highest BCUT2D eigenvalue weighted by Crippen LogP contribution is 2.30. The van der Waals surface area contributed by atoms with E-state index in [-0.39, 0.29) is 18.2 Å². The highest BCUT2D eigenvalue weighted by atomic mass is 35.5. The number of nitrogens with one attached hydrogen (secondary N) is 1. The molecule has 1 unspecified atom stereocenters. The van der Waals surface area contributed by atoms with Crippen LogP contribution in [0.3, 0.4) is 0 Å². The number of anilines is 1. The topological polar surface area (TPSA) is 61.8 Å². The molecule has 1 atom stereocenters. The molecule has 0 bridgehead atoms. The molecule has 1 heterocycles. The lowest BCUT2D eigenvalue weighted by atomic mass is 10.2. The van der Waals surface area contributed by atoms with Gasteiger partial charge in [-0.3, -0.25) is 19.5 Å². The third-order valence-electron chi connectivity index (χ3n) is 4.03. The van der Waals surface area contributed by atoms with Crippen molar-refractivity contribution in [3.63, 3.8) is 0 Å². The standard InChI is InChI=1S/C19H26ClN3O2S/c1-3-5-11-21-19-23(12-6-4-2)18(25)16(26-19)13-17(24)22-15-10-8-7-9-14(15)20/h7-10,16H,3-6,11-13H2,1-2H3,(H,22,24). The molecule has 1 aromatic rings. The van der Waals surface area contributed by atoms with Crippen molar-refractivity contribution >= 4 is 46.0 Å². The number of carbonyl (C=O) groups is 2. The van der Waals surface area contributed by atoms with Crippen molar-refractivity contribution in [2.45, 2.75) is 51.2 Å². The van der Waals surface area contributed by atoms with Gasteiger partial charge in [0.25, 0.3) is 0 Å². The summed E-state index contributed by atoms with van der Waals surface area (Å²) in [4.78, 5) is 31.4. The molecule has 1 fully saturated rings. The minimum absolute atomic E-state index is 0.0204. The molecule has 0 radical (unpaired) electrons. The maximum Gasteiger partial charge on any atom is 0.242 e. The number of benzene rings is 1. The predicted octanol–water partition coefficient (Wildman–Crippen LogP) is 4.57. The Kier molecular flexibility index (Phi) is 8.45. The quantitative estimate of drug-likeness (QED) is 0.623. The second kappa shape index (κ2) is 10.6. The number of nitrogens with zero attached hydrogens (tertiary/aromatic N) is 2. The number of amides is 2. The second-order valence-corrected chi connectivity index (χ2v) is 7.78. The summed E-state index contributed by atoms with van der Waals surface area (Å²) in [6, 6.07) is 7.08. The third kappa shape index (κ3) is 5.74. The highest BCUT2D eigenvalue weighted by Gasteiger charge is 2.38. The molecule has 0 aliphatic carbocycles. The average molecular weight is 396 g/mol. The van der Waals surface area contributed by atoms with E-state index in [4.69, 9.17) is 11.6 Å². The van der Waals surface area contributed by atoms with E-state index in [0.29, 0.717) is 23.8 Å². The van der Waals surface area contributed by atoms with Crippen LogP contribution >= 0.6 is 23.4 Å². The summed E-state index contributed by atoms with van der Waals surface area (Å²) in [7, 11) is 0. The molecule has 5 nitrogen and oxygen atoms in total. The number of halogens is 1. The zero-order chi connectivity index (χ0) is 18.9. The molecule has 1 N–H and O–H groups in total. The maximum atomic E-state index is 12.7. The van der Waals surface area contributed by atoms with Gasteiger partial charge in [-0.25, -0.2) is 0 Å². The number of aliphatic imine (C=N–C) groups is 1. The molecule has 1 aliphatic heterocycles. The van der Waals surface area contributed by atoms with Gasteiger partial charge in [0.05, 0.1) is 10.7 Å². The van der Waals surface area contributed by atoms with Crippen molar-refractivity contribution < 1.29 is 9.59 Å². The summed E-state index contributed by atoms with van der Waals surface area (Å²) in [5.41, 5.74) is 0.564. The number of hydrogen-bond donors (Lipinski definition) is 1. The molecule has 1 saturated heterocycles. The van der Waals surface area contributed by atoms with E-state index >= 15 is 0 Å². The van der Waals surface area contributed by atoms with Gasteiger partial charge in [0.2, 0.25) is 11.8 Å². The molecule has 7 heteroatoms. The Morgan fingerprint density at radius 2 is 2.00 bits per heavy atom. The van der Waals surface area contributed by atoms with E-state index in [1.807, 2.05) is 6.07 Å². The molecular formula is C19H26ClN3O2S. The monoisotopic (exact) mass is 395 g/mol. The molecule has 1 aromatic carbocycles. The lowest BCUT2D eigenvalue weighted by Gasteiger charge is -2.16. The minimum Gasteiger partial charge on any atom is -0.325 e. The Morgan fingerprint density at radius 1 is 1.27 bits per heavy atom. The number of carbonyl (C=O) groups excluding carboxylic acids is 2. The molecule has 0 spiro atoms. The van der Waals surface area contributed by atoms with Gasteiger partial charge in [-0.15, -0.1) is 0 Å². The Labute approximate surface area is 164 Å². The largest absolute Gasteiger partial charge is 0.325 e. The smallest absolute Gasteiger partial charge is 0.242 e. The molecule has 0 saturated carbocycles. The van der Waals surface area contributed by atoms with Gasteiger partial charge >= 0.3 is 0 Å². The number of amidine groups is 1. The number of unbranched alkanes of at least 4 members (excludes halogenated alkanes) is 2. The van der Waals surface area contributed by atoms with Crippen molar-refractivity contribution in [1.82, 2.24) is 4.90 Å². The Bertz CT molecular complexity index is 666. The number of para-hydroxylation sites is 1. The Hall–Kier alpha value is -1.53. The van der Waals surface area contributed by atoms with E-state index < -0.39 is 5.25 Å². The maximum absolute atomic E-state index is 12.7. The summed E-state index contributed by atoms with van der Waals surface area (Å²) in [5.74, 6) is -0.234. The molecule has 2 rings (SSSR count). The number of hydrogen-bond acceptors (Lipinski definition) is 4. The zero-order valence-corrected chi connectivity index (χ0v) is 16.9. The van der Waals surface area contributed by atoms with Crippen LogP contribution in [0.15, 0.2) is 29.3 Å². The average Bonchev–Trinajstić information content (AvgIpc) is 2.90. The normalized spacial score (nSPS) is 18.6. The first-order valence-electron chi connectivity index (χ1n) is 9.13. The third-order valence-corrected chi connectivity index (χ3v) is 5.58. The molecule has 2 amide bonds. The van der Waals surface area contributed by atoms with E-state index in [0.717, 1.165) is 30.9 Å². The van der Waals surface area contributed by atoms with Gasteiger partial charge in [-0.05, 0) is 25.0 Å². The first-order valence-corrected chi connectivity index (χ1v) is 10.4. The van der Waals surface area contributed by atoms with Crippen molar-refractivity contribution in [3.05, 3.63) is 29.3 Å². The summed E-state index contributed by atoms with van der Waals surface area (Å²) < 4.78 is 0. The summed E-state index contributed by atoms with van der Waals surface area (Å²) in [6.07, 6.45) is 4.11. The van der Waals surface area contributed by atoms with Gasteiger partial charge in [0.1, 0.15) is 5.25 Å². The van der Waals surface area contributed by atoms with Crippen LogP contribution in [0.1, 0.15) is 46.0 Å². The number of thioether (sulfide) groups is 1. The van der Waals surface area contributed by atoms with Gasteiger partial charge in [-0.2, -0.15) is 0 Å². The van der Waals surface area contributed by atoms with Crippen LogP contribution in [-0.4, -0.2) is 40.2 Å². The van der Waals surface area contributed by atoms with E-state index in [9.17, 15) is 9.59 Å². The second-order valence-electron chi connectivity index (χ2n) is 6.20. The van der Waals surface area contributed by atoms with Crippen LogP contribution in [-0.2, 0) is 9.59 Å². The van der Waals surface area contributed by atoms with Crippen molar-refractivity contribution in [2.75, 3.05) is 18.4 Å². The van der Waals surface area contributed by atoms with Crippen molar-refractivity contribution in [1.29, 1.82) is 0 Å².